The minimum atomic E-state index is -0.432. The van der Waals surface area contributed by atoms with Crippen LogP contribution in [-0.4, -0.2) is 34.1 Å². The molecule has 2 amide bonds. The van der Waals surface area contributed by atoms with Gasteiger partial charge in [0.15, 0.2) is 0 Å². The van der Waals surface area contributed by atoms with Gasteiger partial charge in [0.1, 0.15) is 11.5 Å². The molecule has 0 saturated carbocycles. The van der Waals surface area contributed by atoms with Crippen LogP contribution in [0.4, 0.5) is 0 Å². The van der Waals surface area contributed by atoms with Gasteiger partial charge in [0, 0.05) is 13.0 Å². The molecule has 1 aliphatic heterocycles. The molecule has 1 fully saturated rings. The molecule has 7 nitrogen and oxygen atoms in total. The lowest BCUT2D eigenvalue weighted by Gasteiger charge is -2.14. The van der Waals surface area contributed by atoms with Crippen LogP contribution in [0.3, 0.4) is 0 Å². The van der Waals surface area contributed by atoms with Crippen molar-refractivity contribution in [1.82, 2.24) is 10.3 Å². The van der Waals surface area contributed by atoms with Crippen molar-refractivity contribution in [3.05, 3.63) is 54.0 Å². The summed E-state index contributed by atoms with van der Waals surface area (Å²) in [7, 11) is 0. The summed E-state index contributed by atoms with van der Waals surface area (Å²) in [4.78, 5) is 25.9. The van der Waals surface area contributed by atoms with E-state index >= 15 is 0 Å². The summed E-state index contributed by atoms with van der Waals surface area (Å²) >= 11 is 0. The molecular weight excluding hydrogens is 322 g/mol. The van der Waals surface area contributed by atoms with E-state index in [0.717, 1.165) is 5.56 Å². The fourth-order valence-electron chi connectivity index (χ4n) is 2.69. The van der Waals surface area contributed by atoms with E-state index < -0.39 is 5.92 Å². The van der Waals surface area contributed by atoms with E-state index in [0.29, 0.717) is 24.6 Å². The molecule has 0 bridgehead atoms. The summed E-state index contributed by atoms with van der Waals surface area (Å²) in [6.07, 6.45) is 1.72. The Labute approximate surface area is 144 Å². The number of carbonyl (C=O) groups excluding carboxylic acids is 2. The Balaban J connectivity index is 1.57. The second-order valence-corrected chi connectivity index (χ2v) is 5.97. The first-order valence-corrected chi connectivity index (χ1v) is 7.96. The average Bonchev–Trinajstić information content (AvgIpc) is 3.24. The van der Waals surface area contributed by atoms with Gasteiger partial charge in [-0.2, -0.15) is 5.10 Å². The van der Waals surface area contributed by atoms with E-state index in [1.807, 2.05) is 0 Å². The molecule has 1 saturated heterocycles. The molecule has 0 spiro atoms. The zero-order valence-corrected chi connectivity index (χ0v) is 13.8. The van der Waals surface area contributed by atoms with Gasteiger partial charge in [0.2, 0.25) is 11.8 Å². The van der Waals surface area contributed by atoms with Crippen LogP contribution in [0.2, 0.25) is 0 Å². The molecule has 130 valence electrons. The smallest absolute Gasteiger partial charge is 0.245 e. The zero-order valence-electron chi connectivity index (χ0n) is 13.8. The summed E-state index contributed by atoms with van der Waals surface area (Å²) in [6.45, 7) is 2.47. The van der Waals surface area contributed by atoms with Gasteiger partial charge >= 0.3 is 0 Å². The average molecular weight is 341 g/mol. The van der Waals surface area contributed by atoms with Gasteiger partial charge in [-0.05, 0) is 48.9 Å². The quantitative estimate of drug-likeness (QED) is 0.641. The lowest BCUT2D eigenvalue weighted by atomic mass is 10.1. The minimum Gasteiger partial charge on any atom is -0.508 e. The number of phenolic OH excluding ortho intramolecular Hbond substituents is 1. The predicted molar refractivity (Wildman–Crippen MR) is 90.7 cm³/mol. The Kier molecular flexibility index (Phi) is 4.83. The molecule has 2 heterocycles. The standard InChI is InChI=1S/C18H19N3O4/c1-12(13-4-6-15(22)7-5-13)19-20-18(24)14-9-17(23)21(10-14)11-16-3-2-8-25-16/h2-8,14,22H,9-11H2,1H3,(H,20,24)/b19-12+. The maximum absolute atomic E-state index is 12.3. The van der Waals surface area contributed by atoms with Crippen molar-refractivity contribution < 1.29 is 19.1 Å². The van der Waals surface area contributed by atoms with E-state index in [9.17, 15) is 14.7 Å². The number of likely N-dealkylation sites (tertiary alicyclic amines) is 1. The van der Waals surface area contributed by atoms with Gasteiger partial charge in [-0.25, -0.2) is 5.43 Å². The topological polar surface area (TPSA) is 95.1 Å². The fraction of sp³-hybridized carbons (Fsp3) is 0.278. The van der Waals surface area contributed by atoms with Crippen molar-refractivity contribution in [2.24, 2.45) is 11.0 Å². The largest absolute Gasteiger partial charge is 0.508 e. The number of carbonyl (C=O) groups is 2. The Morgan fingerprint density at radius 3 is 2.80 bits per heavy atom. The normalized spacial score (nSPS) is 17.8. The summed E-state index contributed by atoms with van der Waals surface area (Å²) in [5, 5.41) is 13.4. The van der Waals surface area contributed by atoms with Crippen LogP contribution in [0.25, 0.3) is 0 Å². The first-order valence-electron chi connectivity index (χ1n) is 7.96. The number of benzene rings is 1. The van der Waals surface area contributed by atoms with Crippen LogP contribution in [0.15, 0.2) is 52.2 Å². The number of hydrazone groups is 1. The number of hydrogen-bond donors (Lipinski definition) is 2. The number of phenols is 1. The summed E-state index contributed by atoms with van der Waals surface area (Å²) in [5.74, 6) is 0.0698. The number of amides is 2. The monoisotopic (exact) mass is 341 g/mol. The fourth-order valence-corrected chi connectivity index (χ4v) is 2.69. The second-order valence-electron chi connectivity index (χ2n) is 5.97. The molecule has 0 aliphatic carbocycles. The Hall–Kier alpha value is -3.09. The molecule has 1 aliphatic rings. The molecule has 1 aromatic carbocycles. The Morgan fingerprint density at radius 1 is 1.36 bits per heavy atom. The molecule has 25 heavy (non-hydrogen) atoms. The first-order chi connectivity index (χ1) is 12.0. The van der Waals surface area contributed by atoms with Crippen molar-refractivity contribution in [2.45, 2.75) is 19.9 Å². The highest BCUT2D eigenvalue weighted by Gasteiger charge is 2.34. The van der Waals surface area contributed by atoms with E-state index in [2.05, 4.69) is 10.5 Å². The van der Waals surface area contributed by atoms with Crippen molar-refractivity contribution in [3.8, 4) is 5.75 Å². The van der Waals surface area contributed by atoms with Crippen LogP contribution >= 0.6 is 0 Å². The second kappa shape index (κ2) is 7.21. The van der Waals surface area contributed by atoms with Crippen molar-refractivity contribution in [2.75, 3.05) is 6.54 Å². The van der Waals surface area contributed by atoms with Crippen molar-refractivity contribution in [1.29, 1.82) is 0 Å². The van der Waals surface area contributed by atoms with Gasteiger partial charge in [0.05, 0.1) is 24.4 Å². The molecule has 3 rings (SSSR count). The van der Waals surface area contributed by atoms with Gasteiger partial charge in [-0.15, -0.1) is 0 Å². The number of nitrogens with one attached hydrogen (secondary N) is 1. The van der Waals surface area contributed by atoms with Crippen LogP contribution in [-0.2, 0) is 16.1 Å². The minimum absolute atomic E-state index is 0.0733. The molecule has 2 aromatic rings. The maximum atomic E-state index is 12.3. The van der Waals surface area contributed by atoms with Crippen LogP contribution in [0.5, 0.6) is 5.75 Å². The van der Waals surface area contributed by atoms with Crippen molar-refractivity contribution in [3.63, 3.8) is 0 Å². The lowest BCUT2D eigenvalue weighted by molar-refractivity contribution is -0.129. The van der Waals surface area contributed by atoms with Gasteiger partial charge in [-0.3, -0.25) is 9.59 Å². The van der Waals surface area contributed by atoms with E-state index in [1.165, 1.54) is 0 Å². The number of furan rings is 1. The Morgan fingerprint density at radius 2 is 2.12 bits per heavy atom. The van der Waals surface area contributed by atoms with Gasteiger partial charge < -0.3 is 14.4 Å². The highest BCUT2D eigenvalue weighted by molar-refractivity contribution is 5.99. The van der Waals surface area contributed by atoms with Crippen LogP contribution in [0.1, 0.15) is 24.7 Å². The molecule has 1 atom stereocenters. The SMILES string of the molecule is C/C(=N\NC(=O)C1CC(=O)N(Cc2ccco2)C1)c1ccc(O)cc1. The number of rotatable bonds is 5. The van der Waals surface area contributed by atoms with Gasteiger partial charge in [-0.1, -0.05) is 0 Å². The molecule has 1 unspecified atom stereocenters. The molecular formula is C18H19N3O4. The van der Waals surface area contributed by atoms with Crippen LogP contribution in [0, 0.1) is 5.92 Å². The molecule has 7 heteroatoms. The third kappa shape index (κ3) is 4.06. The highest BCUT2D eigenvalue weighted by atomic mass is 16.3. The van der Waals surface area contributed by atoms with Crippen molar-refractivity contribution >= 4 is 17.5 Å². The number of aromatic hydroxyl groups is 1. The van der Waals surface area contributed by atoms with Crippen LogP contribution < -0.4 is 5.43 Å². The lowest BCUT2D eigenvalue weighted by Crippen LogP contribution is -2.30. The van der Waals surface area contributed by atoms with E-state index in [1.54, 1.807) is 54.5 Å². The number of nitrogens with zero attached hydrogens (tertiary/aromatic N) is 2. The van der Waals surface area contributed by atoms with E-state index in [-0.39, 0.29) is 24.0 Å². The predicted octanol–water partition coefficient (Wildman–Crippen LogP) is 1.87. The number of hydrogen-bond acceptors (Lipinski definition) is 5. The highest BCUT2D eigenvalue weighted by Crippen LogP contribution is 2.20. The summed E-state index contributed by atoms with van der Waals surface area (Å²) in [5.41, 5.74) is 3.93. The summed E-state index contributed by atoms with van der Waals surface area (Å²) < 4.78 is 5.24. The van der Waals surface area contributed by atoms with E-state index in [4.69, 9.17) is 4.42 Å². The zero-order chi connectivity index (χ0) is 17.8. The third-order valence-corrected chi connectivity index (χ3v) is 4.13. The third-order valence-electron chi connectivity index (χ3n) is 4.13. The molecule has 0 radical (unpaired) electrons. The first kappa shape index (κ1) is 16.8. The molecule has 1 aromatic heterocycles. The Bertz CT molecular complexity index is 781. The molecule has 2 N–H and O–H groups in total. The maximum Gasteiger partial charge on any atom is 0.245 e. The van der Waals surface area contributed by atoms with Gasteiger partial charge in [0.25, 0.3) is 0 Å². The summed E-state index contributed by atoms with van der Waals surface area (Å²) in [6, 6.07) is 10.1.